The lowest BCUT2D eigenvalue weighted by Crippen LogP contribution is -2.14. The summed E-state index contributed by atoms with van der Waals surface area (Å²) in [5, 5.41) is 0. The molecule has 4 heteroatoms. The molecule has 3 aromatic carbocycles. The van der Waals surface area contributed by atoms with Crippen molar-refractivity contribution in [3.63, 3.8) is 0 Å². The van der Waals surface area contributed by atoms with Crippen LogP contribution in [-0.2, 0) is 28.9 Å². The molecule has 0 saturated heterocycles. The Morgan fingerprint density at radius 2 is 1.47 bits per heavy atom. The molecule has 1 aromatic heterocycles. The van der Waals surface area contributed by atoms with Gasteiger partial charge in [0.25, 0.3) is 0 Å². The monoisotopic (exact) mass is 449 g/mol. The Morgan fingerprint density at radius 3 is 2.24 bits per heavy atom. The van der Waals surface area contributed by atoms with Crippen molar-refractivity contribution in [3.8, 4) is 16.9 Å². The third-order valence-electron chi connectivity index (χ3n) is 5.63. The molecular formula is C30H27NO3. The zero-order valence-corrected chi connectivity index (χ0v) is 19.0. The fourth-order valence-electron chi connectivity index (χ4n) is 3.85. The molecule has 0 unspecified atom stereocenters. The highest BCUT2D eigenvalue weighted by Crippen LogP contribution is 2.24. The molecule has 0 fully saturated rings. The number of rotatable bonds is 11. The minimum absolute atomic E-state index is 0.00646. The second-order valence-corrected chi connectivity index (χ2v) is 8.25. The summed E-state index contributed by atoms with van der Waals surface area (Å²) >= 11 is 0. The van der Waals surface area contributed by atoms with Crippen molar-refractivity contribution in [2.45, 2.75) is 25.7 Å². The van der Waals surface area contributed by atoms with Gasteiger partial charge >= 0.3 is 0 Å². The molecule has 0 atom stereocenters. The van der Waals surface area contributed by atoms with E-state index in [-0.39, 0.29) is 18.2 Å². The summed E-state index contributed by atoms with van der Waals surface area (Å²) in [6.45, 7) is 0.00646. The number of carbonyl (C=O) groups is 2. The van der Waals surface area contributed by atoms with Crippen LogP contribution in [0, 0.1) is 0 Å². The number of ketones is 2. The molecule has 170 valence electrons. The van der Waals surface area contributed by atoms with Crippen LogP contribution in [0.4, 0.5) is 0 Å². The standard InChI is InChI=1S/C30H27NO3/c32-27(15-12-24-7-6-18-31-21-24)19-23-13-16-29(17-14-23)34-22-28(33)20-26-10-4-5-11-30(26)25-8-2-1-3-9-25/h1-11,13-14,16-18,21H,12,15,19-20,22H2. The van der Waals surface area contributed by atoms with E-state index in [2.05, 4.69) is 4.98 Å². The summed E-state index contributed by atoms with van der Waals surface area (Å²) in [4.78, 5) is 29.0. The summed E-state index contributed by atoms with van der Waals surface area (Å²) in [6, 6.07) is 29.3. The van der Waals surface area contributed by atoms with Crippen molar-refractivity contribution in [2.24, 2.45) is 0 Å². The van der Waals surface area contributed by atoms with Crippen LogP contribution in [0.3, 0.4) is 0 Å². The maximum absolute atomic E-state index is 12.6. The normalized spacial score (nSPS) is 10.6. The molecule has 0 saturated carbocycles. The molecule has 0 spiro atoms. The van der Waals surface area contributed by atoms with Crippen LogP contribution in [0.2, 0.25) is 0 Å². The summed E-state index contributed by atoms with van der Waals surface area (Å²) in [5.41, 5.74) is 5.15. The Balaban J connectivity index is 1.26. The van der Waals surface area contributed by atoms with Crippen LogP contribution in [-0.4, -0.2) is 23.2 Å². The fraction of sp³-hybridized carbons (Fsp3) is 0.167. The average molecular weight is 450 g/mol. The van der Waals surface area contributed by atoms with Gasteiger partial charge in [0.05, 0.1) is 0 Å². The molecule has 1 heterocycles. The first-order valence-electron chi connectivity index (χ1n) is 11.4. The van der Waals surface area contributed by atoms with Crippen molar-refractivity contribution < 1.29 is 14.3 Å². The minimum atomic E-state index is 0.00646. The van der Waals surface area contributed by atoms with Crippen LogP contribution in [0.15, 0.2) is 103 Å². The van der Waals surface area contributed by atoms with Crippen molar-refractivity contribution in [2.75, 3.05) is 6.61 Å². The first-order chi connectivity index (χ1) is 16.7. The van der Waals surface area contributed by atoms with Gasteiger partial charge in [0, 0.05) is 31.7 Å². The Hall–Kier alpha value is -4.05. The zero-order valence-electron chi connectivity index (χ0n) is 19.0. The van der Waals surface area contributed by atoms with Crippen LogP contribution in [0.25, 0.3) is 11.1 Å². The van der Waals surface area contributed by atoms with E-state index in [1.165, 1.54) is 0 Å². The van der Waals surface area contributed by atoms with Gasteiger partial charge in [-0.25, -0.2) is 0 Å². The van der Waals surface area contributed by atoms with Crippen LogP contribution >= 0.6 is 0 Å². The molecule has 0 radical (unpaired) electrons. The number of aryl methyl sites for hydroxylation is 1. The van der Waals surface area contributed by atoms with Gasteiger partial charge in [-0.05, 0) is 52.4 Å². The van der Waals surface area contributed by atoms with Crippen molar-refractivity contribution in [1.82, 2.24) is 4.98 Å². The molecule has 0 bridgehead atoms. The second kappa shape index (κ2) is 11.7. The second-order valence-electron chi connectivity index (χ2n) is 8.25. The molecule has 0 aliphatic rings. The third-order valence-corrected chi connectivity index (χ3v) is 5.63. The van der Waals surface area contributed by atoms with Crippen molar-refractivity contribution in [1.29, 1.82) is 0 Å². The number of nitrogens with zero attached hydrogens (tertiary/aromatic N) is 1. The first kappa shape index (κ1) is 23.1. The van der Waals surface area contributed by atoms with Gasteiger partial charge < -0.3 is 4.74 Å². The Kier molecular flexibility index (Phi) is 7.96. The van der Waals surface area contributed by atoms with Crippen LogP contribution < -0.4 is 4.74 Å². The van der Waals surface area contributed by atoms with Gasteiger partial charge in [0.15, 0.2) is 5.78 Å². The highest BCUT2D eigenvalue weighted by molar-refractivity contribution is 5.85. The van der Waals surface area contributed by atoms with E-state index in [0.29, 0.717) is 31.4 Å². The molecule has 0 aliphatic carbocycles. The number of pyridine rings is 1. The topological polar surface area (TPSA) is 56.3 Å². The molecule has 0 aliphatic heterocycles. The Morgan fingerprint density at radius 1 is 0.706 bits per heavy atom. The summed E-state index contributed by atoms with van der Waals surface area (Å²) < 4.78 is 5.71. The Bertz CT molecular complexity index is 1220. The molecule has 0 N–H and O–H groups in total. The number of hydrogen-bond acceptors (Lipinski definition) is 4. The van der Waals surface area contributed by atoms with E-state index >= 15 is 0 Å². The van der Waals surface area contributed by atoms with Crippen LogP contribution in [0.5, 0.6) is 5.75 Å². The minimum Gasteiger partial charge on any atom is -0.486 e. The number of benzene rings is 3. The Labute approximate surface area is 200 Å². The average Bonchev–Trinajstić information content (AvgIpc) is 2.88. The SMILES string of the molecule is O=C(CCc1cccnc1)Cc1ccc(OCC(=O)Cc2ccccc2-c2ccccc2)cc1. The smallest absolute Gasteiger partial charge is 0.174 e. The van der Waals surface area contributed by atoms with E-state index in [1.54, 1.807) is 12.4 Å². The van der Waals surface area contributed by atoms with Crippen LogP contribution in [0.1, 0.15) is 23.1 Å². The molecule has 4 rings (SSSR count). The van der Waals surface area contributed by atoms with E-state index in [1.807, 2.05) is 91.0 Å². The molecular weight excluding hydrogens is 422 g/mol. The number of hydrogen-bond donors (Lipinski definition) is 0. The van der Waals surface area contributed by atoms with Gasteiger partial charge in [-0.15, -0.1) is 0 Å². The number of carbonyl (C=O) groups excluding carboxylic acids is 2. The lowest BCUT2D eigenvalue weighted by Gasteiger charge is -2.10. The van der Waals surface area contributed by atoms with Gasteiger partial charge in [0.1, 0.15) is 18.1 Å². The number of aromatic nitrogens is 1. The number of Topliss-reactive ketones (excluding diaryl/α,β-unsaturated/α-hetero) is 2. The third kappa shape index (κ3) is 6.72. The first-order valence-corrected chi connectivity index (χ1v) is 11.4. The lowest BCUT2D eigenvalue weighted by atomic mass is 9.96. The fourth-order valence-corrected chi connectivity index (χ4v) is 3.85. The summed E-state index contributed by atoms with van der Waals surface area (Å²) in [5.74, 6) is 0.819. The molecule has 4 nitrogen and oxygen atoms in total. The van der Waals surface area contributed by atoms with E-state index in [9.17, 15) is 9.59 Å². The van der Waals surface area contributed by atoms with Gasteiger partial charge in [-0.3, -0.25) is 14.6 Å². The zero-order chi connectivity index (χ0) is 23.6. The van der Waals surface area contributed by atoms with Crippen molar-refractivity contribution >= 4 is 11.6 Å². The van der Waals surface area contributed by atoms with E-state index in [0.717, 1.165) is 27.8 Å². The maximum Gasteiger partial charge on any atom is 0.174 e. The van der Waals surface area contributed by atoms with Gasteiger partial charge in [0.2, 0.25) is 0 Å². The maximum atomic E-state index is 12.6. The molecule has 0 amide bonds. The molecule has 34 heavy (non-hydrogen) atoms. The van der Waals surface area contributed by atoms with E-state index < -0.39 is 0 Å². The number of ether oxygens (including phenoxy) is 1. The summed E-state index contributed by atoms with van der Waals surface area (Å²) in [6.07, 6.45) is 5.41. The van der Waals surface area contributed by atoms with Gasteiger partial charge in [-0.2, -0.15) is 0 Å². The predicted molar refractivity (Wildman–Crippen MR) is 134 cm³/mol. The highest BCUT2D eigenvalue weighted by atomic mass is 16.5. The van der Waals surface area contributed by atoms with E-state index in [4.69, 9.17) is 4.74 Å². The molecule has 4 aromatic rings. The predicted octanol–water partition coefficient (Wildman–Crippen LogP) is 5.68. The van der Waals surface area contributed by atoms with Crippen molar-refractivity contribution in [3.05, 3.63) is 120 Å². The largest absolute Gasteiger partial charge is 0.486 e. The quantitative estimate of drug-likeness (QED) is 0.295. The lowest BCUT2D eigenvalue weighted by molar-refractivity contribution is -0.120. The highest BCUT2D eigenvalue weighted by Gasteiger charge is 2.11. The van der Waals surface area contributed by atoms with Gasteiger partial charge in [-0.1, -0.05) is 72.8 Å². The summed E-state index contributed by atoms with van der Waals surface area (Å²) in [7, 11) is 0.